The summed E-state index contributed by atoms with van der Waals surface area (Å²) >= 11 is 0. The Morgan fingerprint density at radius 1 is 1.00 bits per heavy atom. The molecule has 0 saturated carbocycles. The summed E-state index contributed by atoms with van der Waals surface area (Å²) in [6.45, 7) is 1.32. The standard InChI is InChI=1S/C27H23N7O2/c28-15-19-6-8-22(9-7-19)33-18-34(23-4-2-1-3-5-23)27(26(33)36)10-12-32(13-11-27)25(35)21-14-20-17-30-31-24(20)29-16-21/h1-9,14,16-17H,10-13,18H2,(H,29,30,31). The van der Waals surface area contributed by atoms with Gasteiger partial charge in [0.25, 0.3) is 11.8 Å². The van der Waals surface area contributed by atoms with Gasteiger partial charge in [0.1, 0.15) is 5.54 Å². The van der Waals surface area contributed by atoms with Crippen LogP contribution in [-0.2, 0) is 4.79 Å². The number of carbonyl (C=O) groups excluding carboxylic acids is 2. The smallest absolute Gasteiger partial charge is 0.255 e. The van der Waals surface area contributed by atoms with Crippen molar-refractivity contribution in [3.63, 3.8) is 0 Å². The lowest BCUT2D eigenvalue weighted by atomic mass is 9.85. The van der Waals surface area contributed by atoms with Crippen LogP contribution < -0.4 is 9.80 Å². The predicted octanol–water partition coefficient (Wildman–Crippen LogP) is 3.32. The largest absolute Gasteiger partial charge is 0.338 e. The number of benzene rings is 2. The monoisotopic (exact) mass is 477 g/mol. The van der Waals surface area contributed by atoms with Crippen LogP contribution in [0.1, 0.15) is 28.8 Å². The molecule has 2 saturated heterocycles. The second-order valence-electron chi connectivity index (χ2n) is 9.15. The molecule has 178 valence electrons. The summed E-state index contributed by atoms with van der Waals surface area (Å²) in [7, 11) is 0. The van der Waals surface area contributed by atoms with E-state index in [1.807, 2.05) is 42.5 Å². The van der Waals surface area contributed by atoms with Crippen molar-refractivity contribution < 1.29 is 9.59 Å². The molecule has 36 heavy (non-hydrogen) atoms. The number of pyridine rings is 1. The van der Waals surface area contributed by atoms with E-state index in [0.717, 1.165) is 16.8 Å². The summed E-state index contributed by atoms with van der Waals surface area (Å²) < 4.78 is 0. The molecule has 9 nitrogen and oxygen atoms in total. The van der Waals surface area contributed by atoms with Crippen molar-refractivity contribution in [3.8, 4) is 6.07 Å². The van der Waals surface area contributed by atoms with Gasteiger partial charge in [-0.2, -0.15) is 10.4 Å². The van der Waals surface area contributed by atoms with E-state index in [-0.39, 0.29) is 11.8 Å². The molecule has 2 aliphatic heterocycles. The average molecular weight is 478 g/mol. The van der Waals surface area contributed by atoms with E-state index in [0.29, 0.717) is 49.4 Å². The molecule has 4 heterocycles. The lowest BCUT2D eigenvalue weighted by Crippen LogP contribution is -2.57. The number of hydrogen-bond donors (Lipinski definition) is 1. The number of H-pyrrole nitrogens is 1. The highest BCUT2D eigenvalue weighted by atomic mass is 16.2. The van der Waals surface area contributed by atoms with E-state index in [9.17, 15) is 9.59 Å². The molecule has 6 rings (SSSR count). The van der Waals surface area contributed by atoms with Crippen LogP contribution >= 0.6 is 0 Å². The minimum atomic E-state index is -0.751. The molecule has 4 aromatic rings. The Labute approximate surface area is 207 Å². The lowest BCUT2D eigenvalue weighted by molar-refractivity contribution is -0.122. The van der Waals surface area contributed by atoms with Crippen molar-refractivity contribution in [3.05, 3.63) is 84.2 Å². The number of aromatic amines is 1. The molecule has 0 radical (unpaired) electrons. The molecule has 0 atom stereocenters. The first-order chi connectivity index (χ1) is 17.6. The average Bonchev–Trinajstić information content (AvgIpc) is 3.52. The van der Waals surface area contributed by atoms with Gasteiger partial charge in [-0.05, 0) is 55.3 Å². The third kappa shape index (κ3) is 3.46. The fourth-order valence-electron chi connectivity index (χ4n) is 5.26. The van der Waals surface area contributed by atoms with Crippen LogP contribution in [0.5, 0.6) is 0 Å². The SMILES string of the molecule is N#Cc1ccc(N2CN(c3ccccc3)C3(CCN(C(=O)c4cnc5[nH]ncc5c4)CC3)C2=O)cc1. The number of carbonyl (C=O) groups is 2. The van der Waals surface area contributed by atoms with E-state index in [1.165, 1.54) is 0 Å². The Kier molecular flexibility index (Phi) is 5.15. The highest BCUT2D eigenvalue weighted by molar-refractivity contribution is 6.06. The number of amides is 2. The van der Waals surface area contributed by atoms with Crippen molar-refractivity contribution in [1.82, 2.24) is 20.1 Å². The minimum Gasteiger partial charge on any atom is -0.338 e. The van der Waals surface area contributed by atoms with Crippen molar-refractivity contribution in [1.29, 1.82) is 5.26 Å². The molecule has 0 unspecified atom stereocenters. The van der Waals surface area contributed by atoms with Crippen LogP contribution in [0.4, 0.5) is 11.4 Å². The first-order valence-corrected chi connectivity index (χ1v) is 11.8. The molecular weight excluding hydrogens is 454 g/mol. The lowest BCUT2D eigenvalue weighted by Gasteiger charge is -2.43. The number of para-hydroxylation sites is 1. The summed E-state index contributed by atoms with van der Waals surface area (Å²) in [6, 6.07) is 20.9. The molecule has 2 fully saturated rings. The second kappa shape index (κ2) is 8.50. The Morgan fingerprint density at radius 3 is 2.47 bits per heavy atom. The van der Waals surface area contributed by atoms with E-state index in [1.54, 1.807) is 40.4 Å². The van der Waals surface area contributed by atoms with Crippen molar-refractivity contribution in [2.45, 2.75) is 18.4 Å². The van der Waals surface area contributed by atoms with Crippen LogP contribution in [0.25, 0.3) is 11.0 Å². The van der Waals surface area contributed by atoms with Gasteiger partial charge in [0.15, 0.2) is 5.65 Å². The third-order valence-electron chi connectivity index (χ3n) is 7.23. The summed E-state index contributed by atoms with van der Waals surface area (Å²) in [4.78, 5) is 37.3. The molecule has 2 aliphatic rings. The van der Waals surface area contributed by atoms with Gasteiger partial charge in [-0.3, -0.25) is 19.6 Å². The maximum atomic E-state index is 14.0. The van der Waals surface area contributed by atoms with Crippen LogP contribution in [-0.4, -0.2) is 57.2 Å². The molecule has 1 spiro atoms. The molecule has 0 aliphatic carbocycles. The van der Waals surface area contributed by atoms with Crippen LogP contribution in [0.15, 0.2) is 73.1 Å². The van der Waals surface area contributed by atoms with Gasteiger partial charge in [0, 0.05) is 36.0 Å². The maximum Gasteiger partial charge on any atom is 0.255 e. The summed E-state index contributed by atoms with van der Waals surface area (Å²) in [5.41, 5.74) is 2.68. The third-order valence-corrected chi connectivity index (χ3v) is 7.23. The number of nitrogens with zero attached hydrogens (tertiary/aromatic N) is 6. The van der Waals surface area contributed by atoms with Gasteiger partial charge >= 0.3 is 0 Å². The molecule has 2 aromatic carbocycles. The highest BCUT2D eigenvalue weighted by Crippen LogP contribution is 2.41. The van der Waals surface area contributed by atoms with Crippen LogP contribution in [0, 0.1) is 11.3 Å². The first-order valence-electron chi connectivity index (χ1n) is 11.8. The van der Waals surface area contributed by atoms with E-state index in [2.05, 4.69) is 26.2 Å². The predicted molar refractivity (Wildman–Crippen MR) is 134 cm³/mol. The summed E-state index contributed by atoms with van der Waals surface area (Å²) in [5.74, 6) is -0.0780. The molecular formula is C27H23N7O2. The van der Waals surface area contributed by atoms with Crippen LogP contribution in [0.2, 0.25) is 0 Å². The van der Waals surface area contributed by atoms with Crippen molar-refractivity contribution in [2.75, 3.05) is 29.6 Å². The number of fused-ring (bicyclic) bond motifs is 1. The fraction of sp³-hybridized carbons (Fsp3) is 0.222. The molecule has 2 aromatic heterocycles. The number of nitriles is 1. The molecule has 2 amide bonds. The molecule has 0 bridgehead atoms. The van der Waals surface area contributed by atoms with E-state index >= 15 is 0 Å². The number of rotatable bonds is 3. The number of likely N-dealkylation sites (tertiary alicyclic amines) is 1. The topological polar surface area (TPSA) is 109 Å². The number of nitrogens with one attached hydrogen (secondary N) is 1. The molecule has 1 N–H and O–H groups in total. The van der Waals surface area contributed by atoms with Gasteiger partial charge in [0.2, 0.25) is 0 Å². The number of piperidine rings is 1. The number of aromatic nitrogens is 3. The number of anilines is 2. The first kappa shape index (κ1) is 21.8. The quantitative estimate of drug-likeness (QED) is 0.485. The Hall–Kier alpha value is -4.71. The van der Waals surface area contributed by atoms with Gasteiger partial charge in [-0.25, -0.2) is 4.98 Å². The zero-order chi connectivity index (χ0) is 24.7. The Balaban J connectivity index is 1.28. The second-order valence-corrected chi connectivity index (χ2v) is 9.15. The van der Waals surface area contributed by atoms with E-state index in [4.69, 9.17) is 5.26 Å². The van der Waals surface area contributed by atoms with Crippen molar-refractivity contribution >= 4 is 34.2 Å². The fourth-order valence-corrected chi connectivity index (χ4v) is 5.26. The Morgan fingerprint density at radius 2 is 1.75 bits per heavy atom. The summed E-state index contributed by atoms with van der Waals surface area (Å²) in [5, 5.41) is 16.7. The van der Waals surface area contributed by atoms with E-state index < -0.39 is 5.54 Å². The highest BCUT2D eigenvalue weighted by Gasteiger charge is 2.54. The van der Waals surface area contributed by atoms with Gasteiger partial charge < -0.3 is 9.80 Å². The van der Waals surface area contributed by atoms with Gasteiger partial charge in [-0.15, -0.1) is 0 Å². The number of hydrogen-bond acceptors (Lipinski definition) is 6. The van der Waals surface area contributed by atoms with Crippen LogP contribution in [0.3, 0.4) is 0 Å². The Bertz CT molecular complexity index is 1480. The van der Waals surface area contributed by atoms with Gasteiger partial charge in [-0.1, -0.05) is 18.2 Å². The normalized spacial score (nSPS) is 17.1. The summed E-state index contributed by atoms with van der Waals surface area (Å²) in [6.07, 6.45) is 4.25. The molecule has 9 heteroatoms. The zero-order valence-electron chi connectivity index (χ0n) is 19.5. The maximum absolute atomic E-state index is 14.0. The van der Waals surface area contributed by atoms with Gasteiger partial charge in [0.05, 0.1) is 30.1 Å². The van der Waals surface area contributed by atoms with Crippen molar-refractivity contribution in [2.24, 2.45) is 0 Å². The zero-order valence-corrected chi connectivity index (χ0v) is 19.5. The minimum absolute atomic E-state index is 0.0182.